The third-order valence-electron chi connectivity index (χ3n) is 3.16. The van der Waals surface area contributed by atoms with Crippen LogP contribution >= 0.6 is 11.6 Å². The minimum atomic E-state index is -0.467. The average molecular weight is 308 g/mol. The molecule has 2 aromatic rings. The first-order valence-corrected chi connectivity index (χ1v) is 7.20. The van der Waals surface area contributed by atoms with Crippen LogP contribution in [0.4, 0.5) is 5.69 Å². The topological polar surface area (TPSA) is 70.1 Å². The molecule has 5 nitrogen and oxygen atoms in total. The highest BCUT2D eigenvalue weighted by Gasteiger charge is 2.13. The summed E-state index contributed by atoms with van der Waals surface area (Å²) >= 11 is 5.81. The Morgan fingerprint density at radius 2 is 2.14 bits per heavy atom. The number of nitrogens with two attached hydrogens (primary N) is 1. The number of aromatic nitrogens is 2. The quantitative estimate of drug-likeness (QED) is 0.681. The molecular weight excluding hydrogens is 290 g/mol. The van der Waals surface area contributed by atoms with Gasteiger partial charge in [0, 0.05) is 17.3 Å². The molecule has 1 heterocycles. The summed E-state index contributed by atoms with van der Waals surface area (Å²) in [5.74, 6) is -0.467. The molecule has 0 fully saturated rings. The van der Waals surface area contributed by atoms with Crippen LogP contribution in [0.2, 0.25) is 5.02 Å². The number of nitrogens with zero attached hydrogens (tertiary/aromatic N) is 2. The van der Waals surface area contributed by atoms with E-state index >= 15 is 0 Å². The van der Waals surface area contributed by atoms with Gasteiger partial charge in [-0.25, -0.2) is 4.79 Å². The molecule has 21 heavy (non-hydrogen) atoms. The van der Waals surface area contributed by atoms with E-state index in [4.69, 9.17) is 22.1 Å². The van der Waals surface area contributed by atoms with Crippen molar-refractivity contribution in [1.29, 1.82) is 0 Å². The number of carbonyl (C=O) groups is 1. The van der Waals surface area contributed by atoms with Gasteiger partial charge in [-0.05, 0) is 37.6 Å². The summed E-state index contributed by atoms with van der Waals surface area (Å²) in [7, 11) is 0. The Kier molecular flexibility index (Phi) is 4.85. The van der Waals surface area contributed by atoms with Gasteiger partial charge >= 0.3 is 5.97 Å². The van der Waals surface area contributed by atoms with Crippen LogP contribution in [0.5, 0.6) is 0 Å². The number of ether oxygens (including phenoxy) is 1. The molecule has 0 atom stereocenters. The van der Waals surface area contributed by atoms with Crippen molar-refractivity contribution in [2.45, 2.75) is 33.4 Å². The molecule has 0 aliphatic carbocycles. The second-order valence-electron chi connectivity index (χ2n) is 4.60. The zero-order chi connectivity index (χ0) is 15.4. The van der Waals surface area contributed by atoms with Crippen LogP contribution in [-0.2, 0) is 24.3 Å². The summed E-state index contributed by atoms with van der Waals surface area (Å²) < 4.78 is 7.14. The Balaban J connectivity index is 2.08. The van der Waals surface area contributed by atoms with E-state index in [0.29, 0.717) is 16.3 Å². The number of hydrogen-bond acceptors (Lipinski definition) is 4. The Morgan fingerprint density at radius 3 is 2.76 bits per heavy atom. The minimum absolute atomic E-state index is 0.168. The lowest BCUT2D eigenvalue weighted by Crippen LogP contribution is -2.11. The van der Waals surface area contributed by atoms with Gasteiger partial charge in [-0.3, -0.25) is 4.68 Å². The molecule has 0 aliphatic rings. The molecule has 0 spiro atoms. The predicted molar refractivity (Wildman–Crippen MR) is 82.3 cm³/mol. The molecule has 0 amide bonds. The van der Waals surface area contributed by atoms with E-state index in [2.05, 4.69) is 5.10 Å². The lowest BCUT2D eigenvalue weighted by Gasteiger charge is -2.08. The van der Waals surface area contributed by atoms with Crippen molar-refractivity contribution in [2.75, 3.05) is 5.73 Å². The van der Waals surface area contributed by atoms with Gasteiger partial charge in [0.1, 0.15) is 6.61 Å². The number of carbonyl (C=O) groups excluding carboxylic acids is 1. The molecule has 0 radical (unpaired) electrons. The van der Waals surface area contributed by atoms with E-state index in [9.17, 15) is 4.79 Å². The summed E-state index contributed by atoms with van der Waals surface area (Å²) in [4.78, 5) is 12.1. The van der Waals surface area contributed by atoms with Crippen LogP contribution in [0.1, 0.15) is 35.6 Å². The normalized spacial score (nSPS) is 10.6. The van der Waals surface area contributed by atoms with Crippen LogP contribution in [0.25, 0.3) is 0 Å². The highest BCUT2D eigenvalue weighted by molar-refractivity contribution is 6.31. The van der Waals surface area contributed by atoms with Gasteiger partial charge in [0.05, 0.1) is 17.0 Å². The molecule has 2 rings (SSSR count). The maximum atomic E-state index is 12.1. The lowest BCUT2D eigenvalue weighted by molar-refractivity contribution is 0.0463. The number of benzene rings is 1. The molecule has 1 aromatic heterocycles. The van der Waals surface area contributed by atoms with Crippen molar-refractivity contribution in [3.8, 4) is 0 Å². The third kappa shape index (κ3) is 3.55. The van der Waals surface area contributed by atoms with E-state index in [0.717, 1.165) is 24.4 Å². The van der Waals surface area contributed by atoms with Gasteiger partial charge in [-0.15, -0.1) is 0 Å². The first-order chi connectivity index (χ1) is 10.0. The second kappa shape index (κ2) is 6.63. The number of aryl methyl sites for hydroxylation is 2. The van der Waals surface area contributed by atoms with Crippen molar-refractivity contribution >= 4 is 23.3 Å². The molecule has 0 aliphatic heterocycles. The number of rotatable bonds is 5. The highest BCUT2D eigenvalue weighted by atomic mass is 35.5. The SMILES string of the molecule is CCc1cc(COC(=O)c2ccc(Cl)cc2N)n(CC)n1. The smallest absolute Gasteiger partial charge is 0.340 e. The number of nitrogen functional groups attached to an aromatic ring is 1. The monoisotopic (exact) mass is 307 g/mol. The molecule has 2 N–H and O–H groups in total. The van der Waals surface area contributed by atoms with Crippen molar-refractivity contribution in [3.05, 3.63) is 46.2 Å². The predicted octanol–water partition coefficient (Wildman–Crippen LogP) is 3.06. The van der Waals surface area contributed by atoms with E-state index in [1.54, 1.807) is 12.1 Å². The van der Waals surface area contributed by atoms with E-state index in [1.807, 2.05) is 24.6 Å². The maximum absolute atomic E-state index is 12.1. The molecule has 1 aromatic carbocycles. The zero-order valence-electron chi connectivity index (χ0n) is 12.1. The number of halogens is 1. The van der Waals surface area contributed by atoms with Gasteiger partial charge in [-0.2, -0.15) is 5.10 Å². The van der Waals surface area contributed by atoms with Gasteiger partial charge in [0.15, 0.2) is 0 Å². The van der Waals surface area contributed by atoms with Gasteiger partial charge in [-0.1, -0.05) is 18.5 Å². The maximum Gasteiger partial charge on any atom is 0.340 e. The van der Waals surface area contributed by atoms with Crippen molar-refractivity contribution in [3.63, 3.8) is 0 Å². The number of hydrogen-bond donors (Lipinski definition) is 1. The first-order valence-electron chi connectivity index (χ1n) is 6.82. The van der Waals surface area contributed by atoms with E-state index in [-0.39, 0.29) is 6.61 Å². The van der Waals surface area contributed by atoms with Crippen molar-refractivity contribution in [2.24, 2.45) is 0 Å². The van der Waals surface area contributed by atoms with Crippen LogP contribution < -0.4 is 5.73 Å². The van der Waals surface area contributed by atoms with Gasteiger partial charge in [0.2, 0.25) is 0 Å². The van der Waals surface area contributed by atoms with Crippen LogP contribution in [0, 0.1) is 0 Å². The zero-order valence-corrected chi connectivity index (χ0v) is 12.9. The highest BCUT2D eigenvalue weighted by Crippen LogP contribution is 2.19. The summed E-state index contributed by atoms with van der Waals surface area (Å²) in [6, 6.07) is 6.65. The standard InChI is InChI=1S/C15H18ClN3O2/c1-3-11-8-12(19(4-2)18-11)9-21-15(20)13-6-5-10(16)7-14(13)17/h5-8H,3-4,9,17H2,1-2H3. The van der Waals surface area contributed by atoms with Gasteiger partial charge in [0.25, 0.3) is 0 Å². The summed E-state index contributed by atoms with van der Waals surface area (Å²) in [5, 5.41) is 4.90. The van der Waals surface area contributed by atoms with E-state index in [1.165, 1.54) is 6.07 Å². The Bertz CT molecular complexity index is 652. The van der Waals surface area contributed by atoms with Crippen LogP contribution in [0.3, 0.4) is 0 Å². The summed E-state index contributed by atoms with van der Waals surface area (Å²) in [5.41, 5.74) is 8.25. The number of esters is 1. The molecule has 6 heteroatoms. The molecule has 112 valence electrons. The molecule has 0 unspecified atom stereocenters. The summed E-state index contributed by atoms with van der Waals surface area (Å²) in [6.07, 6.45) is 0.845. The van der Waals surface area contributed by atoms with Gasteiger partial charge < -0.3 is 10.5 Å². The van der Waals surface area contributed by atoms with Crippen LogP contribution in [-0.4, -0.2) is 15.7 Å². The molecule has 0 bridgehead atoms. The largest absolute Gasteiger partial charge is 0.456 e. The van der Waals surface area contributed by atoms with Crippen molar-refractivity contribution < 1.29 is 9.53 Å². The first kappa shape index (κ1) is 15.4. The average Bonchev–Trinajstić information content (AvgIpc) is 2.87. The minimum Gasteiger partial charge on any atom is -0.456 e. The fourth-order valence-electron chi connectivity index (χ4n) is 2.01. The summed E-state index contributed by atoms with van der Waals surface area (Å²) in [6.45, 7) is 4.93. The molecule has 0 saturated heterocycles. The van der Waals surface area contributed by atoms with Crippen LogP contribution in [0.15, 0.2) is 24.3 Å². The Hall–Kier alpha value is -2.01. The molecular formula is C15H18ClN3O2. The number of anilines is 1. The lowest BCUT2D eigenvalue weighted by atomic mass is 10.2. The second-order valence-corrected chi connectivity index (χ2v) is 5.04. The Morgan fingerprint density at radius 1 is 1.38 bits per heavy atom. The van der Waals surface area contributed by atoms with Crippen molar-refractivity contribution in [1.82, 2.24) is 9.78 Å². The third-order valence-corrected chi connectivity index (χ3v) is 3.40. The fraction of sp³-hybridized carbons (Fsp3) is 0.333. The fourth-order valence-corrected chi connectivity index (χ4v) is 2.19. The van der Waals surface area contributed by atoms with E-state index < -0.39 is 5.97 Å². The molecule has 0 saturated carbocycles. The Labute approximate surface area is 128 Å².